The summed E-state index contributed by atoms with van der Waals surface area (Å²) in [6.45, 7) is 3.65. The van der Waals surface area contributed by atoms with Crippen LogP contribution in [-0.2, 0) is 0 Å². The quantitative estimate of drug-likeness (QED) is 0.783. The molecule has 0 saturated carbocycles. The predicted octanol–water partition coefficient (Wildman–Crippen LogP) is 3.09. The average molecular weight is 285 g/mol. The third-order valence-corrected chi connectivity index (χ3v) is 3.38. The molecule has 3 nitrogen and oxygen atoms in total. The van der Waals surface area contributed by atoms with Crippen molar-refractivity contribution in [2.75, 3.05) is 19.8 Å². The topological polar surface area (TPSA) is 41.5 Å². The van der Waals surface area contributed by atoms with Crippen LogP contribution in [0.1, 0.15) is 13.3 Å². The molecule has 2 rings (SSSR count). The molecule has 0 spiro atoms. The summed E-state index contributed by atoms with van der Waals surface area (Å²) in [5.41, 5.74) is 2.24. The molecule has 0 saturated heterocycles. The second kappa shape index (κ2) is 8.45. The SMILES string of the molecule is CCNC(CCO)COc1ccccc1-c1ccccc1. The first kappa shape index (κ1) is 15.5. The smallest absolute Gasteiger partial charge is 0.127 e. The van der Waals surface area contributed by atoms with E-state index in [9.17, 15) is 0 Å². The van der Waals surface area contributed by atoms with Crippen LogP contribution in [0.2, 0.25) is 0 Å². The number of likely N-dealkylation sites (N-methyl/N-ethyl adjacent to an activating group) is 1. The van der Waals surface area contributed by atoms with Gasteiger partial charge in [0.1, 0.15) is 12.4 Å². The first-order valence-corrected chi connectivity index (χ1v) is 7.46. The van der Waals surface area contributed by atoms with E-state index in [4.69, 9.17) is 9.84 Å². The summed E-state index contributed by atoms with van der Waals surface area (Å²) in [6.07, 6.45) is 0.696. The fraction of sp³-hybridized carbons (Fsp3) is 0.333. The van der Waals surface area contributed by atoms with Gasteiger partial charge in [0.05, 0.1) is 0 Å². The Morgan fingerprint density at radius 2 is 1.76 bits per heavy atom. The summed E-state index contributed by atoms with van der Waals surface area (Å²) in [5, 5.41) is 12.4. The van der Waals surface area contributed by atoms with Gasteiger partial charge in [0.2, 0.25) is 0 Å². The lowest BCUT2D eigenvalue weighted by molar-refractivity contribution is 0.215. The van der Waals surface area contributed by atoms with E-state index in [-0.39, 0.29) is 12.6 Å². The Kier molecular flexibility index (Phi) is 6.25. The number of hydrogen-bond donors (Lipinski definition) is 2. The van der Waals surface area contributed by atoms with Gasteiger partial charge in [-0.25, -0.2) is 0 Å². The highest BCUT2D eigenvalue weighted by atomic mass is 16.5. The van der Waals surface area contributed by atoms with Gasteiger partial charge in [0.25, 0.3) is 0 Å². The molecule has 0 aromatic heterocycles. The van der Waals surface area contributed by atoms with Gasteiger partial charge < -0.3 is 15.2 Å². The zero-order valence-corrected chi connectivity index (χ0v) is 12.5. The van der Waals surface area contributed by atoms with Crippen molar-refractivity contribution in [2.24, 2.45) is 0 Å². The highest BCUT2D eigenvalue weighted by Crippen LogP contribution is 2.29. The van der Waals surface area contributed by atoms with Crippen LogP contribution in [0, 0.1) is 0 Å². The van der Waals surface area contributed by atoms with Crippen LogP contribution in [-0.4, -0.2) is 30.9 Å². The van der Waals surface area contributed by atoms with E-state index in [0.29, 0.717) is 13.0 Å². The largest absolute Gasteiger partial charge is 0.491 e. The van der Waals surface area contributed by atoms with Crippen molar-refractivity contribution in [3.05, 3.63) is 54.6 Å². The molecule has 21 heavy (non-hydrogen) atoms. The zero-order valence-electron chi connectivity index (χ0n) is 12.5. The minimum absolute atomic E-state index is 0.168. The summed E-state index contributed by atoms with van der Waals surface area (Å²) in [4.78, 5) is 0. The lowest BCUT2D eigenvalue weighted by Crippen LogP contribution is -2.35. The van der Waals surface area contributed by atoms with Crippen molar-refractivity contribution in [1.82, 2.24) is 5.32 Å². The lowest BCUT2D eigenvalue weighted by atomic mass is 10.0. The maximum atomic E-state index is 9.10. The van der Waals surface area contributed by atoms with E-state index < -0.39 is 0 Å². The Bertz CT molecular complexity index is 522. The van der Waals surface area contributed by atoms with Crippen LogP contribution >= 0.6 is 0 Å². The summed E-state index contributed by atoms with van der Waals surface area (Å²) < 4.78 is 5.99. The maximum Gasteiger partial charge on any atom is 0.127 e. The monoisotopic (exact) mass is 285 g/mol. The maximum absolute atomic E-state index is 9.10. The first-order chi connectivity index (χ1) is 10.3. The number of ether oxygens (including phenoxy) is 1. The molecule has 0 amide bonds. The van der Waals surface area contributed by atoms with Crippen molar-refractivity contribution >= 4 is 0 Å². The van der Waals surface area contributed by atoms with Gasteiger partial charge in [-0.15, -0.1) is 0 Å². The standard InChI is InChI=1S/C18H23NO2/c1-2-19-16(12-13-20)14-21-18-11-7-6-10-17(18)15-8-4-3-5-9-15/h3-11,16,19-20H,2,12-14H2,1H3. The fourth-order valence-electron chi connectivity index (χ4n) is 2.33. The number of hydrogen-bond acceptors (Lipinski definition) is 3. The van der Waals surface area contributed by atoms with Crippen molar-refractivity contribution in [3.8, 4) is 16.9 Å². The normalized spacial score (nSPS) is 12.1. The highest BCUT2D eigenvalue weighted by molar-refractivity contribution is 5.70. The van der Waals surface area contributed by atoms with Gasteiger partial charge in [-0.05, 0) is 24.6 Å². The number of aliphatic hydroxyl groups excluding tert-OH is 1. The third kappa shape index (κ3) is 4.59. The Balaban J connectivity index is 2.10. The van der Waals surface area contributed by atoms with Gasteiger partial charge in [0.15, 0.2) is 0 Å². The molecule has 2 aromatic rings. The molecule has 0 heterocycles. The molecule has 0 aliphatic heterocycles. The Morgan fingerprint density at radius 3 is 2.48 bits per heavy atom. The summed E-state index contributed by atoms with van der Waals surface area (Å²) in [7, 11) is 0. The summed E-state index contributed by atoms with van der Waals surface area (Å²) in [6, 6.07) is 18.5. The fourth-order valence-corrected chi connectivity index (χ4v) is 2.33. The van der Waals surface area contributed by atoms with Gasteiger partial charge in [-0.1, -0.05) is 55.5 Å². The predicted molar refractivity (Wildman–Crippen MR) is 86.5 cm³/mol. The van der Waals surface area contributed by atoms with Gasteiger partial charge in [-0.2, -0.15) is 0 Å². The van der Waals surface area contributed by atoms with Crippen LogP contribution in [0.25, 0.3) is 11.1 Å². The van der Waals surface area contributed by atoms with E-state index in [1.807, 2.05) is 36.4 Å². The van der Waals surface area contributed by atoms with Crippen LogP contribution in [0.3, 0.4) is 0 Å². The minimum Gasteiger partial charge on any atom is -0.491 e. The van der Waals surface area contributed by atoms with Crippen molar-refractivity contribution < 1.29 is 9.84 Å². The van der Waals surface area contributed by atoms with Crippen LogP contribution < -0.4 is 10.1 Å². The lowest BCUT2D eigenvalue weighted by Gasteiger charge is -2.19. The number of nitrogens with one attached hydrogen (secondary N) is 1. The molecule has 1 atom stereocenters. The van der Waals surface area contributed by atoms with E-state index >= 15 is 0 Å². The molecule has 112 valence electrons. The average Bonchev–Trinajstić information content (AvgIpc) is 2.54. The Hall–Kier alpha value is -1.84. The number of rotatable bonds is 8. The second-order valence-corrected chi connectivity index (χ2v) is 4.94. The Morgan fingerprint density at radius 1 is 1.05 bits per heavy atom. The van der Waals surface area contributed by atoms with Crippen molar-refractivity contribution in [3.63, 3.8) is 0 Å². The molecule has 1 unspecified atom stereocenters. The van der Waals surface area contributed by atoms with E-state index in [1.54, 1.807) is 0 Å². The summed E-state index contributed by atoms with van der Waals surface area (Å²) in [5.74, 6) is 0.879. The molecular formula is C18H23NO2. The van der Waals surface area contributed by atoms with Gasteiger partial charge in [-0.3, -0.25) is 0 Å². The highest BCUT2D eigenvalue weighted by Gasteiger charge is 2.10. The molecule has 0 fully saturated rings. The first-order valence-electron chi connectivity index (χ1n) is 7.46. The number of para-hydroxylation sites is 1. The molecule has 3 heteroatoms. The summed E-state index contributed by atoms with van der Waals surface area (Å²) >= 11 is 0. The van der Waals surface area contributed by atoms with Crippen LogP contribution in [0.4, 0.5) is 0 Å². The number of benzene rings is 2. The molecule has 0 radical (unpaired) electrons. The van der Waals surface area contributed by atoms with E-state index in [2.05, 4.69) is 30.4 Å². The second-order valence-electron chi connectivity index (χ2n) is 4.94. The molecular weight excluding hydrogens is 262 g/mol. The van der Waals surface area contributed by atoms with Crippen LogP contribution in [0.15, 0.2) is 54.6 Å². The molecule has 2 N–H and O–H groups in total. The Labute approximate surface area is 126 Å². The molecule has 0 aliphatic carbocycles. The van der Waals surface area contributed by atoms with E-state index in [1.165, 1.54) is 0 Å². The van der Waals surface area contributed by atoms with Crippen molar-refractivity contribution in [2.45, 2.75) is 19.4 Å². The molecule has 2 aromatic carbocycles. The number of aliphatic hydroxyl groups is 1. The van der Waals surface area contributed by atoms with Gasteiger partial charge in [0, 0.05) is 18.2 Å². The van der Waals surface area contributed by atoms with Crippen LogP contribution in [0.5, 0.6) is 5.75 Å². The molecule has 0 aliphatic rings. The third-order valence-electron chi connectivity index (χ3n) is 3.38. The zero-order chi connectivity index (χ0) is 14.9. The molecule has 0 bridgehead atoms. The van der Waals surface area contributed by atoms with Gasteiger partial charge >= 0.3 is 0 Å². The van der Waals surface area contributed by atoms with E-state index in [0.717, 1.165) is 23.4 Å². The minimum atomic E-state index is 0.168. The van der Waals surface area contributed by atoms with Crippen molar-refractivity contribution in [1.29, 1.82) is 0 Å².